The Morgan fingerprint density at radius 2 is 2.24 bits per heavy atom. The number of para-hydroxylation sites is 1. The van der Waals surface area contributed by atoms with E-state index in [4.69, 9.17) is 5.14 Å². The van der Waals surface area contributed by atoms with E-state index < -0.39 is 10.0 Å². The fourth-order valence-corrected chi connectivity index (χ4v) is 2.42. The smallest absolute Gasteiger partial charge is 0.210 e. The maximum Gasteiger partial charge on any atom is 0.210 e. The summed E-state index contributed by atoms with van der Waals surface area (Å²) in [6.45, 7) is 2.01. The first kappa shape index (κ1) is 12.3. The Morgan fingerprint density at radius 3 is 3.00 bits per heavy atom. The summed E-state index contributed by atoms with van der Waals surface area (Å²) in [5, 5.41) is 11.4. The van der Waals surface area contributed by atoms with Gasteiger partial charge in [-0.1, -0.05) is 18.2 Å². The number of primary sulfonamides is 1. The molecular formula is C11H17N3O2S. The molecule has 0 unspecified atom stereocenters. The normalized spacial score (nSPS) is 14.4. The number of nitrogens with two attached hydrogens (primary N) is 1. The van der Waals surface area contributed by atoms with E-state index in [1.807, 2.05) is 12.1 Å². The number of anilines is 1. The van der Waals surface area contributed by atoms with E-state index in [1.54, 1.807) is 0 Å². The zero-order valence-corrected chi connectivity index (χ0v) is 10.4. The highest BCUT2D eigenvalue weighted by atomic mass is 32.2. The summed E-state index contributed by atoms with van der Waals surface area (Å²) in [7, 11) is -3.37. The average Bonchev–Trinajstić information content (AvgIpc) is 2.71. The van der Waals surface area contributed by atoms with Gasteiger partial charge in [0.05, 0.1) is 5.75 Å². The molecule has 94 valence electrons. The Labute approximate surface area is 101 Å². The molecule has 0 amide bonds. The molecule has 17 heavy (non-hydrogen) atoms. The number of nitrogens with one attached hydrogen (secondary N) is 2. The van der Waals surface area contributed by atoms with E-state index in [9.17, 15) is 8.42 Å². The lowest BCUT2D eigenvalue weighted by Gasteiger charge is -2.09. The van der Waals surface area contributed by atoms with Crippen molar-refractivity contribution in [2.75, 3.05) is 24.2 Å². The standard InChI is InChI=1S/C11H17N3O2S/c12-17(15,16)7-6-13-8-10-3-1-2-9-4-5-14-11(9)10/h1-3,13-14H,4-8H2,(H2,12,15,16). The van der Waals surface area contributed by atoms with Crippen LogP contribution in [0, 0.1) is 0 Å². The van der Waals surface area contributed by atoms with Crippen LogP contribution in [0.5, 0.6) is 0 Å². The number of hydrogen-bond acceptors (Lipinski definition) is 4. The quantitative estimate of drug-likeness (QED) is 0.648. The van der Waals surface area contributed by atoms with Crippen LogP contribution in [0.15, 0.2) is 18.2 Å². The number of rotatable bonds is 5. The van der Waals surface area contributed by atoms with Gasteiger partial charge in [0, 0.05) is 25.3 Å². The number of hydrogen-bond donors (Lipinski definition) is 3. The van der Waals surface area contributed by atoms with Crippen LogP contribution in [0.25, 0.3) is 0 Å². The minimum Gasteiger partial charge on any atom is -0.384 e. The van der Waals surface area contributed by atoms with E-state index in [2.05, 4.69) is 16.7 Å². The first-order valence-electron chi connectivity index (χ1n) is 5.62. The molecule has 0 atom stereocenters. The van der Waals surface area contributed by atoms with Gasteiger partial charge in [-0.2, -0.15) is 0 Å². The van der Waals surface area contributed by atoms with Gasteiger partial charge in [-0.05, 0) is 17.5 Å². The zero-order chi connectivity index (χ0) is 12.3. The molecule has 2 rings (SSSR count). The third kappa shape index (κ3) is 3.42. The van der Waals surface area contributed by atoms with Gasteiger partial charge in [-0.15, -0.1) is 0 Å². The second-order valence-corrected chi connectivity index (χ2v) is 5.91. The van der Waals surface area contributed by atoms with Crippen molar-refractivity contribution in [3.05, 3.63) is 29.3 Å². The van der Waals surface area contributed by atoms with Gasteiger partial charge in [0.2, 0.25) is 10.0 Å². The number of fused-ring (bicyclic) bond motifs is 1. The van der Waals surface area contributed by atoms with Crippen molar-refractivity contribution in [3.8, 4) is 0 Å². The summed E-state index contributed by atoms with van der Waals surface area (Å²) < 4.78 is 21.5. The molecule has 1 aromatic rings. The van der Waals surface area contributed by atoms with Crippen molar-refractivity contribution in [2.24, 2.45) is 5.14 Å². The molecule has 4 N–H and O–H groups in total. The van der Waals surface area contributed by atoms with Gasteiger partial charge in [0.1, 0.15) is 0 Å². The molecule has 0 bridgehead atoms. The summed E-state index contributed by atoms with van der Waals surface area (Å²) >= 11 is 0. The van der Waals surface area contributed by atoms with Gasteiger partial charge in [0.25, 0.3) is 0 Å². The summed E-state index contributed by atoms with van der Waals surface area (Å²) in [6.07, 6.45) is 1.06. The molecule has 5 nitrogen and oxygen atoms in total. The van der Waals surface area contributed by atoms with Crippen LogP contribution in [-0.4, -0.2) is 27.3 Å². The van der Waals surface area contributed by atoms with Gasteiger partial charge in [-0.3, -0.25) is 0 Å². The predicted octanol–water partition coefficient (Wildman–Crippen LogP) is 0.0327. The van der Waals surface area contributed by atoms with E-state index in [1.165, 1.54) is 16.8 Å². The van der Waals surface area contributed by atoms with E-state index >= 15 is 0 Å². The topological polar surface area (TPSA) is 84.2 Å². The summed E-state index contributed by atoms with van der Waals surface area (Å²) in [6, 6.07) is 6.19. The number of sulfonamides is 1. The van der Waals surface area contributed by atoms with Crippen molar-refractivity contribution in [3.63, 3.8) is 0 Å². The monoisotopic (exact) mass is 255 g/mol. The number of benzene rings is 1. The molecule has 1 aliphatic heterocycles. The molecule has 0 spiro atoms. The SMILES string of the molecule is NS(=O)(=O)CCNCc1cccc2c1NCC2. The van der Waals surface area contributed by atoms with Crippen molar-refractivity contribution in [1.82, 2.24) is 5.32 Å². The van der Waals surface area contributed by atoms with E-state index in [-0.39, 0.29) is 5.75 Å². The Hall–Kier alpha value is -1.11. The molecule has 1 aliphatic rings. The van der Waals surface area contributed by atoms with E-state index in [0.29, 0.717) is 13.1 Å². The molecule has 6 heteroatoms. The Kier molecular flexibility index (Phi) is 3.66. The van der Waals surface area contributed by atoms with Crippen molar-refractivity contribution in [2.45, 2.75) is 13.0 Å². The summed E-state index contributed by atoms with van der Waals surface area (Å²) in [5.41, 5.74) is 3.70. The molecule has 0 saturated heterocycles. The Morgan fingerprint density at radius 1 is 1.41 bits per heavy atom. The third-order valence-electron chi connectivity index (χ3n) is 2.81. The minimum absolute atomic E-state index is 0.0323. The van der Waals surface area contributed by atoms with Crippen molar-refractivity contribution < 1.29 is 8.42 Å². The van der Waals surface area contributed by atoms with E-state index in [0.717, 1.165) is 13.0 Å². The lowest BCUT2D eigenvalue weighted by Crippen LogP contribution is -2.27. The molecule has 1 aromatic carbocycles. The Balaban J connectivity index is 1.90. The molecule has 1 heterocycles. The third-order valence-corrected chi connectivity index (χ3v) is 3.59. The molecule has 0 saturated carbocycles. The maximum absolute atomic E-state index is 10.8. The second kappa shape index (κ2) is 5.03. The maximum atomic E-state index is 10.8. The van der Waals surface area contributed by atoms with Crippen LogP contribution < -0.4 is 15.8 Å². The summed E-state index contributed by atoms with van der Waals surface area (Å²) in [5.74, 6) is -0.0323. The fourth-order valence-electron chi connectivity index (χ4n) is 2.00. The minimum atomic E-state index is -3.37. The highest BCUT2D eigenvalue weighted by molar-refractivity contribution is 7.89. The van der Waals surface area contributed by atoms with Crippen LogP contribution >= 0.6 is 0 Å². The van der Waals surface area contributed by atoms with Crippen LogP contribution in [0.4, 0.5) is 5.69 Å². The van der Waals surface area contributed by atoms with Crippen LogP contribution in [0.2, 0.25) is 0 Å². The second-order valence-electron chi connectivity index (χ2n) is 4.17. The first-order valence-corrected chi connectivity index (χ1v) is 7.33. The van der Waals surface area contributed by atoms with Crippen LogP contribution in [0.3, 0.4) is 0 Å². The molecular weight excluding hydrogens is 238 g/mol. The van der Waals surface area contributed by atoms with Crippen molar-refractivity contribution in [1.29, 1.82) is 0 Å². The summed E-state index contributed by atoms with van der Waals surface area (Å²) in [4.78, 5) is 0. The van der Waals surface area contributed by atoms with Gasteiger partial charge < -0.3 is 10.6 Å². The van der Waals surface area contributed by atoms with Gasteiger partial charge >= 0.3 is 0 Å². The predicted molar refractivity (Wildman–Crippen MR) is 68.3 cm³/mol. The lowest BCUT2D eigenvalue weighted by molar-refractivity contribution is 0.592. The zero-order valence-electron chi connectivity index (χ0n) is 9.57. The van der Waals surface area contributed by atoms with Crippen molar-refractivity contribution >= 4 is 15.7 Å². The van der Waals surface area contributed by atoms with Crippen LogP contribution in [-0.2, 0) is 23.0 Å². The highest BCUT2D eigenvalue weighted by Crippen LogP contribution is 2.25. The molecule has 0 fully saturated rings. The van der Waals surface area contributed by atoms with Crippen LogP contribution in [0.1, 0.15) is 11.1 Å². The Bertz CT molecular complexity index is 499. The molecule has 0 aliphatic carbocycles. The first-order chi connectivity index (χ1) is 8.06. The van der Waals surface area contributed by atoms with Gasteiger partial charge in [-0.25, -0.2) is 13.6 Å². The molecule has 0 radical (unpaired) electrons. The van der Waals surface area contributed by atoms with Gasteiger partial charge in [0.15, 0.2) is 0 Å². The lowest BCUT2D eigenvalue weighted by atomic mass is 10.1. The highest BCUT2D eigenvalue weighted by Gasteiger charge is 2.13. The fraction of sp³-hybridized carbons (Fsp3) is 0.455. The average molecular weight is 255 g/mol. The largest absolute Gasteiger partial charge is 0.384 e. The molecule has 0 aromatic heterocycles.